The molecule has 0 aliphatic carbocycles. The first-order valence-corrected chi connectivity index (χ1v) is 10.5. The summed E-state index contributed by atoms with van der Waals surface area (Å²) in [4.78, 5) is 9.45. The van der Waals surface area contributed by atoms with Crippen molar-refractivity contribution in [3.8, 4) is 0 Å². The number of para-hydroxylation sites is 1. The molecule has 0 aliphatic rings. The number of rotatable bonds is 8. The highest BCUT2D eigenvalue weighted by atomic mass is 32.2. The summed E-state index contributed by atoms with van der Waals surface area (Å²) in [5.41, 5.74) is 9.51. The van der Waals surface area contributed by atoms with Crippen LogP contribution in [0.15, 0.2) is 24.3 Å². The highest BCUT2D eigenvalue weighted by molar-refractivity contribution is 7.89. The zero-order valence-corrected chi connectivity index (χ0v) is 16.0. The predicted molar refractivity (Wildman–Crippen MR) is 104 cm³/mol. The van der Waals surface area contributed by atoms with Crippen LogP contribution in [0, 0.1) is 0 Å². The van der Waals surface area contributed by atoms with Crippen LogP contribution in [-0.2, 0) is 29.5 Å². The molecule has 7 nitrogen and oxygen atoms in total. The van der Waals surface area contributed by atoms with Gasteiger partial charge in [0.15, 0.2) is 0 Å². The average molecular weight is 375 g/mol. The van der Waals surface area contributed by atoms with Crippen LogP contribution in [-0.4, -0.2) is 35.8 Å². The number of nitrogens with one attached hydrogen (secondary N) is 1. The maximum Gasteiger partial charge on any atom is 0.211 e. The van der Waals surface area contributed by atoms with Gasteiger partial charge in [0.2, 0.25) is 10.0 Å². The Morgan fingerprint density at radius 2 is 1.96 bits per heavy atom. The fourth-order valence-corrected chi connectivity index (χ4v) is 4.05. The van der Waals surface area contributed by atoms with E-state index in [0.717, 1.165) is 52.8 Å². The summed E-state index contributed by atoms with van der Waals surface area (Å²) in [7, 11) is -1.72. The fourth-order valence-electron chi connectivity index (χ4n) is 3.26. The predicted octanol–water partition coefficient (Wildman–Crippen LogP) is 1.93. The minimum Gasteiger partial charge on any atom is -0.327 e. The van der Waals surface area contributed by atoms with Crippen LogP contribution in [0.1, 0.15) is 31.3 Å². The first-order valence-electron chi connectivity index (χ1n) is 8.88. The largest absolute Gasteiger partial charge is 0.327 e. The van der Waals surface area contributed by atoms with E-state index in [1.165, 1.54) is 7.05 Å². The Hall–Kier alpha value is -2.03. The van der Waals surface area contributed by atoms with Crippen molar-refractivity contribution in [2.45, 2.75) is 39.3 Å². The molecule has 3 rings (SSSR count). The topological polar surface area (TPSA) is 103 Å². The average Bonchev–Trinajstić information content (AvgIpc) is 3.03. The van der Waals surface area contributed by atoms with E-state index in [1.807, 2.05) is 24.3 Å². The molecular formula is C18H25N5O2S. The van der Waals surface area contributed by atoms with Crippen LogP contribution in [0.3, 0.4) is 0 Å². The van der Waals surface area contributed by atoms with E-state index in [0.29, 0.717) is 13.0 Å². The summed E-state index contributed by atoms with van der Waals surface area (Å²) in [5, 5.41) is 1.05. The van der Waals surface area contributed by atoms with Crippen molar-refractivity contribution in [3.05, 3.63) is 35.8 Å². The standard InChI is InChI=1S/C18H25N5O2S/c1-3-16-22-17-15(12-19)21-14-9-5-4-8-13(14)18(17)23(16)10-6-7-11-26(24,25)20-2/h4-5,8-9,20H,3,6-7,10-12,19H2,1-2H3. The second-order valence-corrected chi connectivity index (χ2v) is 8.29. The maximum atomic E-state index is 11.6. The lowest BCUT2D eigenvalue weighted by Gasteiger charge is -2.10. The van der Waals surface area contributed by atoms with Crippen LogP contribution in [0.2, 0.25) is 0 Å². The number of pyridine rings is 1. The van der Waals surface area contributed by atoms with Gasteiger partial charge in [0.1, 0.15) is 11.3 Å². The number of benzene rings is 1. The number of nitrogens with two attached hydrogens (primary N) is 1. The second kappa shape index (κ2) is 7.69. The first-order chi connectivity index (χ1) is 12.5. The third-order valence-corrected chi connectivity index (χ3v) is 6.05. The summed E-state index contributed by atoms with van der Waals surface area (Å²) in [6.07, 6.45) is 2.15. The molecule has 2 heterocycles. The van der Waals surface area contributed by atoms with Crippen LogP contribution >= 0.6 is 0 Å². The molecule has 8 heteroatoms. The molecule has 0 unspecified atom stereocenters. The molecule has 0 saturated carbocycles. The van der Waals surface area contributed by atoms with Crippen molar-refractivity contribution in [2.75, 3.05) is 12.8 Å². The molecule has 0 spiro atoms. The van der Waals surface area contributed by atoms with Crippen LogP contribution in [0.5, 0.6) is 0 Å². The second-order valence-electron chi connectivity index (χ2n) is 6.24. The molecule has 0 radical (unpaired) electrons. The van der Waals surface area contributed by atoms with Crippen molar-refractivity contribution in [1.29, 1.82) is 0 Å². The maximum absolute atomic E-state index is 11.6. The molecule has 0 amide bonds. The van der Waals surface area contributed by atoms with Gasteiger partial charge in [0.25, 0.3) is 0 Å². The Labute approximate surface area is 153 Å². The number of unbranched alkanes of at least 4 members (excludes halogenated alkanes) is 1. The molecule has 3 aromatic rings. The minimum atomic E-state index is -3.17. The molecule has 1 aromatic carbocycles. The van der Waals surface area contributed by atoms with Gasteiger partial charge in [-0.1, -0.05) is 25.1 Å². The van der Waals surface area contributed by atoms with Gasteiger partial charge in [0.05, 0.1) is 22.5 Å². The molecular weight excluding hydrogens is 350 g/mol. The molecule has 0 aliphatic heterocycles. The Morgan fingerprint density at radius 3 is 2.65 bits per heavy atom. The number of imidazole rings is 1. The number of aromatic nitrogens is 3. The van der Waals surface area contributed by atoms with Gasteiger partial charge in [-0.25, -0.2) is 23.1 Å². The van der Waals surface area contributed by atoms with Crippen LogP contribution in [0.4, 0.5) is 0 Å². The van der Waals surface area contributed by atoms with Crippen molar-refractivity contribution in [1.82, 2.24) is 19.3 Å². The Balaban J connectivity index is 2.02. The number of sulfonamides is 1. The SMILES string of the molecule is CCc1nc2c(CN)nc3ccccc3c2n1CCCCS(=O)(=O)NC. The molecule has 0 atom stereocenters. The quantitative estimate of drug-likeness (QED) is 0.586. The molecule has 140 valence electrons. The van der Waals surface area contributed by atoms with Gasteiger partial charge in [-0.3, -0.25) is 0 Å². The molecule has 0 fully saturated rings. The number of hydrogen-bond donors (Lipinski definition) is 2. The molecule has 0 bridgehead atoms. The van der Waals surface area contributed by atoms with Crippen molar-refractivity contribution < 1.29 is 8.42 Å². The van der Waals surface area contributed by atoms with Crippen molar-refractivity contribution in [3.63, 3.8) is 0 Å². The Bertz CT molecular complexity index is 1030. The number of fused-ring (bicyclic) bond motifs is 3. The van der Waals surface area contributed by atoms with Gasteiger partial charge in [-0.05, 0) is 26.0 Å². The van der Waals surface area contributed by atoms with E-state index in [4.69, 9.17) is 10.7 Å². The normalized spacial score (nSPS) is 12.3. The summed E-state index contributed by atoms with van der Waals surface area (Å²) >= 11 is 0. The molecule has 0 saturated heterocycles. The Kier molecular flexibility index (Phi) is 5.55. The molecule has 3 N–H and O–H groups in total. The lowest BCUT2D eigenvalue weighted by Crippen LogP contribution is -2.22. The third kappa shape index (κ3) is 3.58. The van der Waals surface area contributed by atoms with Gasteiger partial charge >= 0.3 is 0 Å². The smallest absolute Gasteiger partial charge is 0.211 e. The highest BCUT2D eigenvalue weighted by Crippen LogP contribution is 2.28. The first kappa shape index (κ1) is 18.8. The number of aryl methyl sites for hydroxylation is 2. The van der Waals surface area contributed by atoms with Crippen LogP contribution in [0.25, 0.3) is 21.9 Å². The van der Waals surface area contributed by atoms with E-state index < -0.39 is 10.0 Å². The van der Waals surface area contributed by atoms with E-state index in [-0.39, 0.29) is 5.75 Å². The lowest BCUT2D eigenvalue weighted by atomic mass is 10.1. The molecule has 2 aromatic heterocycles. The fraction of sp³-hybridized carbons (Fsp3) is 0.444. The number of nitrogens with zero attached hydrogens (tertiary/aromatic N) is 3. The zero-order valence-electron chi connectivity index (χ0n) is 15.2. The van der Waals surface area contributed by atoms with Gasteiger partial charge in [-0.15, -0.1) is 0 Å². The monoisotopic (exact) mass is 375 g/mol. The summed E-state index contributed by atoms with van der Waals surface area (Å²) in [6.45, 7) is 3.12. The van der Waals surface area contributed by atoms with E-state index >= 15 is 0 Å². The summed E-state index contributed by atoms with van der Waals surface area (Å²) < 4.78 is 27.8. The van der Waals surface area contributed by atoms with Gasteiger partial charge < -0.3 is 10.3 Å². The van der Waals surface area contributed by atoms with Gasteiger partial charge in [0, 0.05) is 24.9 Å². The minimum absolute atomic E-state index is 0.133. The Morgan fingerprint density at radius 1 is 1.19 bits per heavy atom. The van der Waals surface area contributed by atoms with E-state index in [9.17, 15) is 8.42 Å². The summed E-state index contributed by atoms with van der Waals surface area (Å²) in [6, 6.07) is 7.99. The zero-order chi connectivity index (χ0) is 18.7. The van der Waals surface area contributed by atoms with Crippen molar-refractivity contribution >= 4 is 32.0 Å². The summed E-state index contributed by atoms with van der Waals surface area (Å²) in [5.74, 6) is 1.11. The molecule has 26 heavy (non-hydrogen) atoms. The van der Waals surface area contributed by atoms with E-state index in [2.05, 4.69) is 21.2 Å². The van der Waals surface area contributed by atoms with Gasteiger partial charge in [-0.2, -0.15) is 0 Å². The van der Waals surface area contributed by atoms with E-state index in [1.54, 1.807) is 0 Å². The van der Waals surface area contributed by atoms with Crippen LogP contribution < -0.4 is 10.5 Å². The van der Waals surface area contributed by atoms with Crippen molar-refractivity contribution in [2.24, 2.45) is 5.73 Å². The number of hydrogen-bond acceptors (Lipinski definition) is 5. The highest BCUT2D eigenvalue weighted by Gasteiger charge is 2.17. The third-order valence-electron chi connectivity index (χ3n) is 4.60. The lowest BCUT2D eigenvalue weighted by molar-refractivity contribution is 0.575.